The van der Waals surface area contributed by atoms with Gasteiger partial charge in [0.25, 0.3) is 11.5 Å². The van der Waals surface area contributed by atoms with E-state index >= 15 is 0 Å². The van der Waals surface area contributed by atoms with Crippen molar-refractivity contribution in [1.82, 2.24) is 15.2 Å². The van der Waals surface area contributed by atoms with Gasteiger partial charge in [0.2, 0.25) is 0 Å². The van der Waals surface area contributed by atoms with Gasteiger partial charge in [-0.3, -0.25) is 14.2 Å². The molecule has 0 spiro atoms. The Kier molecular flexibility index (Phi) is 9.76. The molecule has 6 rings (SSSR count). The number of hydrogen-bond acceptors (Lipinski definition) is 5. The van der Waals surface area contributed by atoms with Gasteiger partial charge in [-0.2, -0.15) is 0 Å². The van der Waals surface area contributed by atoms with E-state index in [-0.39, 0.29) is 11.5 Å². The lowest BCUT2D eigenvalue weighted by atomic mass is 9.90. The highest BCUT2D eigenvalue weighted by atomic mass is 35.5. The van der Waals surface area contributed by atoms with E-state index in [2.05, 4.69) is 53.2 Å². The molecule has 1 aromatic heterocycles. The predicted octanol–water partition coefficient (Wildman–Crippen LogP) is 6.30. The van der Waals surface area contributed by atoms with E-state index in [1.165, 1.54) is 11.1 Å². The minimum atomic E-state index is -0.171. The zero-order valence-electron chi connectivity index (χ0n) is 27.5. The number of benzene rings is 3. The van der Waals surface area contributed by atoms with Crippen molar-refractivity contribution in [1.29, 1.82) is 0 Å². The lowest BCUT2D eigenvalue weighted by Gasteiger charge is -2.23. The maximum absolute atomic E-state index is 13.8. The summed E-state index contributed by atoms with van der Waals surface area (Å²) < 4.78 is 1.62. The average Bonchev–Trinajstić information content (AvgIpc) is 3.28. The number of piperidine rings is 1. The van der Waals surface area contributed by atoms with Crippen LogP contribution in [-0.2, 0) is 13.5 Å². The third kappa shape index (κ3) is 6.69. The van der Waals surface area contributed by atoms with Gasteiger partial charge < -0.3 is 16.0 Å². The fourth-order valence-electron chi connectivity index (χ4n) is 6.63. The zero-order valence-corrected chi connectivity index (χ0v) is 28.3. The number of nitrogens with zero attached hydrogens (tertiary/aromatic N) is 2. The largest absolute Gasteiger partial charge is 0.355 e. The minimum absolute atomic E-state index is 0.119. The smallest absolute Gasteiger partial charge is 0.259 e. The second-order valence-corrected chi connectivity index (χ2v) is 12.7. The van der Waals surface area contributed by atoms with Crippen LogP contribution in [0.5, 0.6) is 0 Å². The van der Waals surface area contributed by atoms with Crippen LogP contribution in [-0.4, -0.2) is 30.6 Å². The van der Waals surface area contributed by atoms with Crippen molar-refractivity contribution in [2.24, 2.45) is 12.0 Å². The van der Waals surface area contributed by atoms with Crippen LogP contribution < -0.4 is 32.2 Å². The van der Waals surface area contributed by atoms with Crippen LogP contribution in [0.1, 0.15) is 66.9 Å². The molecule has 0 atom stereocenters. The number of allylic oxidation sites excluding steroid dienone is 1. The maximum atomic E-state index is 13.8. The van der Waals surface area contributed by atoms with Crippen LogP contribution in [0.15, 0.2) is 87.9 Å². The molecular weight excluding hydrogens is 606 g/mol. The third-order valence-corrected chi connectivity index (χ3v) is 9.81. The highest BCUT2D eigenvalue weighted by Crippen LogP contribution is 2.32. The molecule has 0 unspecified atom stereocenters. The van der Waals surface area contributed by atoms with Gasteiger partial charge in [0.05, 0.1) is 0 Å². The number of pyridine rings is 1. The summed E-state index contributed by atoms with van der Waals surface area (Å²) in [4.78, 5) is 31.4. The summed E-state index contributed by atoms with van der Waals surface area (Å²) in [5, 5.41) is 11.1. The Morgan fingerprint density at radius 1 is 0.957 bits per heavy atom. The molecule has 7 nitrogen and oxygen atoms in total. The molecule has 3 aromatic carbocycles. The van der Waals surface area contributed by atoms with Gasteiger partial charge in [0.15, 0.2) is 0 Å². The molecule has 3 heterocycles. The van der Waals surface area contributed by atoms with Crippen LogP contribution in [0.3, 0.4) is 0 Å². The summed E-state index contributed by atoms with van der Waals surface area (Å²) in [6.07, 6.45) is 6.78. The molecule has 2 aliphatic rings. The highest BCUT2D eigenvalue weighted by molar-refractivity contribution is 6.33. The molecule has 0 aliphatic carbocycles. The van der Waals surface area contributed by atoms with Gasteiger partial charge in [0.1, 0.15) is 11.3 Å². The number of aromatic nitrogens is 1. The molecule has 0 saturated carbocycles. The number of amides is 1. The van der Waals surface area contributed by atoms with Crippen LogP contribution in [0, 0.1) is 0 Å². The summed E-state index contributed by atoms with van der Waals surface area (Å²) in [5.41, 5.74) is 8.53. The number of aryl methyl sites for hydroxylation is 1. The molecule has 0 bridgehead atoms. The monoisotopic (exact) mass is 647 g/mol. The summed E-state index contributed by atoms with van der Waals surface area (Å²) in [6.45, 7) is 6.30. The fourth-order valence-corrected chi connectivity index (χ4v) is 6.91. The quantitative estimate of drug-likeness (QED) is 0.210. The maximum Gasteiger partial charge on any atom is 0.259 e. The summed E-state index contributed by atoms with van der Waals surface area (Å²) >= 11 is 6.88. The molecule has 47 heavy (non-hydrogen) atoms. The lowest BCUT2D eigenvalue weighted by molar-refractivity contribution is 0.0962. The molecule has 4 aromatic rings. The first kappa shape index (κ1) is 32.5. The van der Waals surface area contributed by atoms with E-state index in [0.717, 1.165) is 72.2 Å². The van der Waals surface area contributed by atoms with Crippen molar-refractivity contribution < 1.29 is 4.79 Å². The Hall–Kier alpha value is -4.46. The van der Waals surface area contributed by atoms with Crippen molar-refractivity contribution >= 4 is 29.3 Å². The number of rotatable bonds is 8. The summed E-state index contributed by atoms with van der Waals surface area (Å²) in [6, 6.07) is 22.2. The first-order valence-electron chi connectivity index (χ1n) is 16.5. The number of halogens is 1. The molecule has 1 fully saturated rings. The fraction of sp³-hybridized carbons (Fsp3) is 0.308. The van der Waals surface area contributed by atoms with Crippen LogP contribution in [0.25, 0.3) is 28.3 Å². The molecule has 242 valence electrons. The number of nitrogens with one attached hydrogen (secondary N) is 3. The van der Waals surface area contributed by atoms with Gasteiger partial charge in [-0.25, -0.2) is 4.99 Å². The van der Waals surface area contributed by atoms with Gasteiger partial charge in [-0.15, -0.1) is 0 Å². The molecule has 2 aliphatic heterocycles. The zero-order chi connectivity index (χ0) is 33.1. The van der Waals surface area contributed by atoms with Crippen molar-refractivity contribution in [2.45, 2.75) is 51.9 Å². The second kappa shape index (κ2) is 14.1. The normalized spacial score (nSPS) is 14.9. The van der Waals surface area contributed by atoms with E-state index in [0.29, 0.717) is 39.5 Å². The molecule has 1 amide bonds. The topological polar surface area (TPSA) is 87.5 Å². The first-order chi connectivity index (χ1) is 22.8. The van der Waals surface area contributed by atoms with Gasteiger partial charge in [-0.1, -0.05) is 67.9 Å². The van der Waals surface area contributed by atoms with E-state index in [1.54, 1.807) is 18.7 Å². The predicted molar refractivity (Wildman–Crippen MR) is 192 cm³/mol. The van der Waals surface area contributed by atoms with Gasteiger partial charge in [0, 0.05) is 46.7 Å². The Morgan fingerprint density at radius 3 is 2.36 bits per heavy atom. The Bertz CT molecular complexity index is 2040. The number of fused-ring (bicyclic) bond motifs is 1. The molecule has 1 saturated heterocycles. The average molecular weight is 648 g/mol. The molecule has 3 N–H and O–H groups in total. The number of anilines is 1. The van der Waals surface area contributed by atoms with E-state index in [9.17, 15) is 9.59 Å². The van der Waals surface area contributed by atoms with E-state index in [4.69, 9.17) is 16.6 Å². The number of carbonyl (C=O) groups is 1. The van der Waals surface area contributed by atoms with E-state index < -0.39 is 0 Å². The Labute approximate surface area is 281 Å². The van der Waals surface area contributed by atoms with Crippen LogP contribution in [0.4, 0.5) is 5.69 Å². The van der Waals surface area contributed by atoms with E-state index in [1.807, 2.05) is 49.4 Å². The van der Waals surface area contributed by atoms with Gasteiger partial charge in [-0.05, 0) is 109 Å². The Morgan fingerprint density at radius 2 is 1.68 bits per heavy atom. The standard InChI is InChI=1S/C39H42ClN5O2/c1-5-24-7-9-28(21-33(24)38(46)41-3)29-13-16-32(35(40)23-29)34-22-30-10-8-25(6-2)36(44-37(30)45(4)39(34)47)43-31-14-11-26(12-15-31)27-17-19-42-20-18-27/h7,9-16,21-23,27,42-43H,5-6,8,17-20H2,1-4H3,(H,41,46). The minimum Gasteiger partial charge on any atom is -0.355 e. The first-order valence-corrected chi connectivity index (χ1v) is 16.9. The molecule has 0 radical (unpaired) electrons. The van der Waals surface area contributed by atoms with Gasteiger partial charge >= 0.3 is 0 Å². The highest BCUT2D eigenvalue weighted by Gasteiger charge is 2.18. The van der Waals surface area contributed by atoms with Crippen LogP contribution >= 0.6 is 11.6 Å². The number of carbonyl (C=O) groups excluding carboxylic acids is 1. The van der Waals surface area contributed by atoms with Crippen molar-refractivity contribution in [3.05, 3.63) is 121 Å². The lowest BCUT2D eigenvalue weighted by Crippen LogP contribution is -2.42. The number of hydrogen-bond donors (Lipinski definition) is 3. The Balaban J connectivity index is 1.33. The van der Waals surface area contributed by atoms with Crippen molar-refractivity contribution in [3.8, 4) is 22.3 Å². The summed E-state index contributed by atoms with van der Waals surface area (Å²) in [7, 11) is 3.40. The second-order valence-electron chi connectivity index (χ2n) is 12.3. The van der Waals surface area contributed by atoms with Crippen LogP contribution in [0.2, 0.25) is 5.02 Å². The third-order valence-electron chi connectivity index (χ3n) is 9.50. The summed E-state index contributed by atoms with van der Waals surface area (Å²) in [5.74, 6) is 1.26. The van der Waals surface area contributed by atoms with Crippen molar-refractivity contribution in [2.75, 3.05) is 25.5 Å². The van der Waals surface area contributed by atoms with Crippen molar-refractivity contribution in [3.63, 3.8) is 0 Å². The molecular formula is C39H42ClN5O2. The molecule has 8 heteroatoms. The SMILES string of the molecule is CCC1=C(Nc2ccc(C3CCNCC3)cc2)N=c2c(cc(-c3ccc(-c4ccc(CC)c(C(=O)NC)c4)cc3Cl)c(=O)n2C)=CC1.